The number of rotatable bonds is 6. The Labute approximate surface area is 138 Å². The predicted octanol–water partition coefficient (Wildman–Crippen LogP) is 2.82. The summed E-state index contributed by atoms with van der Waals surface area (Å²) in [5.74, 6) is -0.232. The molecule has 0 aliphatic heterocycles. The molecule has 0 heterocycles. The summed E-state index contributed by atoms with van der Waals surface area (Å²) in [5.41, 5.74) is 0. The normalized spacial score (nSPS) is 16.1. The first-order valence-electron chi connectivity index (χ1n) is 7.43. The van der Waals surface area contributed by atoms with Crippen molar-refractivity contribution in [2.75, 3.05) is 6.61 Å². The van der Waals surface area contributed by atoms with Gasteiger partial charge in [-0.05, 0) is 44.0 Å². The summed E-state index contributed by atoms with van der Waals surface area (Å²) in [5, 5.41) is 2.90. The Kier molecular flexibility index (Phi) is 6.24. The molecule has 2 rings (SSSR count). The van der Waals surface area contributed by atoms with Gasteiger partial charge in [-0.2, -0.15) is 0 Å². The van der Waals surface area contributed by atoms with Crippen molar-refractivity contribution in [1.29, 1.82) is 0 Å². The highest BCUT2D eigenvalue weighted by Gasteiger charge is 2.23. The van der Waals surface area contributed by atoms with Crippen LogP contribution in [0, 0.1) is 0 Å². The van der Waals surface area contributed by atoms with Crippen LogP contribution in [0.3, 0.4) is 0 Å². The third kappa shape index (κ3) is 5.33. The lowest BCUT2D eigenvalue weighted by molar-refractivity contribution is -0.156. The SMILES string of the molecule is C[C@H](OC(=O)COc1ccc(Br)cc1)C(=O)NC1CCCC1. The van der Waals surface area contributed by atoms with Crippen molar-refractivity contribution in [3.05, 3.63) is 28.7 Å². The van der Waals surface area contributed by atoms with Gasteiger partial charge < -0.3 is 14.8 Å². The van der Waals surface area contributed by atoms with E-state index in [1.54, 1.807) is 19.1 Å². The van der Waals surface area contributed by atoms with E-state index in [-0.39, 0.29) is 18.6 Å². The minimum absolute atomic E-state index is 0.215. The largest absolute Gasteiger partial charge is 0.482 e. The summed E-state index contributed by atoms with van der Waals surface area (Å²) in [6.07, 6.45) is 3.47. The van der Waals surface area contributed by atoms with Gasteiger partial charge in [-0.1, -0.05) is 28.8 Å². The number of carbonyl (C=O) groups is 2. The van der Waals surface area contributed by atoms with Gasteiger partial charge in [0.05, 0.1) is 0 Å². The van der Waals surface area contributed by atoms with Crippen LogP contribution in [-0.4, -0.2) is 30.6 Å². The van der Waals surface area contributed by atoms with Crippen molar-refractivity contribution in [2.45, 2.75) is 44.8 Å². The Morgan fingerprint density at radius 3 is 2.55 bits per heavy atom. The number of esters is 1. The van der Waals surface area contributed by atoms with Crippen LogP contribution in [0.1, 0.15) is 32.6 Å². The van der Waals surface area contributed by atoms with Gasteiger partial charge in [-0.25, -0.2) is 4.79 Å². The average molecular weight is 370 g/mol. The molecule has 0 saturated heterocycles. The molecule has 120 valence electrons. The van der Waals surface area contributed by atoms with Crippen LogP contribution in [0.25, 0.3) is 0 Å². The van der Waals surface area contributed by atoms with Crippen molar-refractivity contribution >= 4 is 27.8 Å². The fourth-order valence-corrected chi connectivity index (χ4v) is 2.61. The maximum atomic E-state index is 11.9. The van der Waals surface area contributed by atoms with E-state index in [4.69, 9.17) is 9.47 Å². The molecule has 1 aromatic carbocycles. The Morgan fingerprint density at radius 2 is 1.91 bits per heavy atom. The average Bonchev–Trinajstić information content (AvgIpc) is 2.99. The zero-order chi connectivity index (χ0) is 15.9. The van der Waals surface area contributed by atoms with Crippen LogP contribution in [0.2, 0.25) is 0 Å². The number of nitrogens with one attached hydrogen (secondary N) is 1. The molecule has 5 nitrogen and oxygen atoms in total. The fourth-order valence-electron chi connectivity index (χ4n) is 2.35. The van der Waals surface area contributed by atoms with E-state index in [0.717, 1.165) is 30.2 Å². The van der Waals surface area contributed by atoms with Crippen molar-refractivity contribution < 1.29 is 19.1 Å². The lowest BCUT2D eigenvalue weighted by Gasteiger charge is -2.17. The molecule has 1 saturated carbocycles. The van der Waals surface area contributed by atoms with Crippen LogP contribution < -0.4 is 10.1 Å². The summed E-state index contributed by atoms with van der Waals surface area (Å²) in [4.78, 5) is 23.6. The molecular weight excluding hydrogens is 350 g/mol. The zero-order valence-corrected chi connectivity index (χ0v) is 14.1. The number of halogens is 1. The third-order valence-corrected chi connectivity index (χ3v) is 4.08. The minimum Gasteiger partial charge on any atom is -0.482 e. The summed E-state index contributed by atoms with van der Waals surface area (Å²) in [6, 6.07) is 7.34. The molecule has 0 radical (unpaired) electrons. The second-order valence-electron chi connectivity index (χ2n) is 5.36. The second kappa shape index (κ2) is 8.17. The molecule has 22 heavy (non-hydrogen) atoms. The number of hydrogen-bond donors (Lipinski definition) is 1. The summed E-state index contributed by atoms with van der Waals surface area (Å²) in [7, 11) is 0. The molecule has 1 N–H and O–H groups in total. The van der Waals surface area contributed by atoms with Crippen LogP contribution in [0.15, 0.2) is 28.7 Å². The van der Waals surface area contributed by atoms with Crippen molar-refractivity contribution in [3.8, 4) is 5.75 Å². The van der Waals surface area contributed by atoms with E-state index in [0.29, 0.717) is 5.75 Å². The van der Waals surface area contributed by atoms with Gasteiger partial charge in [0.2, 0.25) is 0 Å². The highest BCUT2D eigenvalue weighted by atomic mass is 79.9. The maximum absolute atomic E-state index is 11.9. The fraction of sp³-hybridized carbons (Fsp3) is 0.500. The number of amides is 1. The molecule has 0 bridgehead atoms. The zero-order valence-electron chi connectivity index (χ0n) is 12.5. The van der Waals surface area contributed by atoms with Gasteiger partial charge >= 0.3 is 5.97 Å². The third-order valence-electron chi connectivity index (χ3n) is 3.55. The monoisotopic (exact) mass is 369 g/mol. The molecule has 1 aliphatic carbocycles. The minimum atomic E-state index is -0.804. The van der Waals surface area contributed by atoms with Crippen LogP contribution in [0.5, 0.6) is 5.75 Å². The maximum Gasteiger partial charge on any atom is 0.344 e. The van der Waals surface area contributed by atoms with Crippen LogP contribution in [-0.2, 0) is 14.3 Å². The van der Waals surface area contributed by atoms with Crippen LogP contribution in [0.4, 0.5) is 0 Å². The molecular formula is C16H20BrNO4. The number of benzene rings is 1. The molecule has 6 heteroatoms. The number of hydrogen-bond acceptors (Lipinski definition) is 4. The highest BCUT2D eigenvalue weighted by molar-refractivity contribution is 9.10. The quantitative estimate of drug-likeness (QED) is 0.783. The lowest BCUT2D eigenvalue weighted by Crippen LogP contribution is -2.41. The van der Waals surface area contributed by atoms with Crippen LogP contribution >= 0.6 is 15.9 Å². The topological polar surface area (TPSA) is 64.6 Å². The Hall–Kier alpha value is -1.56. The first kappa shape index (κ1) is 16.8. The molecule has 1 fully saturated rings. The molecule has 0 aromatic heterocycles. The van der Waals surface area contributed by atoms with Gasteiger partial charge in [-0.15, -0.1) is 0 Å². The van der Waals surface area contributed by atoms with Gasteiger partial charge in [0.25, 0.3) is 5.91 Å². The lowest BCUT2D eigenvalue weighted by atomic mass is 10.2. The van der Waals surface area contributed by atoms with Gasteiger partial charge in [0, 0.05) is 10.5 Å². The smallest absolute Gasteiger partial charge is 0.344 e. The first-order valence-corrected chi connectivity index (χ1v) is 8.22. The summed E-state index contributed by atoms with van der Waals surface area (Å²) in [6.45, 7) is 1.35. The number of ether oxygens (including phenoxy) is 2. The van der Waals surface area contributed by atoms with E-state index < -0.39 is 12.1 Å². The summed E-state index contributed by atoms with van der Waals surface area (Å²) >= 11 is 3.32. The molecule has 1 amide bonds. The molecule has 1 aliphatic rings. The second-order valence-corrected chi connectivity index (χ2v) is 6.28. The van der Waals surface area contributed by atoms with Gasteiger partial charge in [0.15, 0.2) is 12.7 Å². The van der Waals surface area contributed by atoms with E-state index in [1.807, 2.05) is 12.1 Å². The van der Waals surface area contributed by atoms with Crippen molar-refractivity contribution in [2.24, 2.45) is 0 Å². The molecule has 1 atom stereocenters. The van der Waals surface area contributed by atoms with E-state index in [9.17, 15) is 9.59 Å². The first-order chi connectivity index (χ1) is 10.5. The Bertz CT molecular complexity index is 511. The van der Waals surface area contributed by atoms with Gasteiger partial charge in [-0.3, -0.25) is 4.79 Å². The van der Waals surface area contributed by atoms with Crippen molar-refractivity contribution in [3.63, 3.8) is 0 Å². The standard InChI is InChI=1S/C16H20BrNO4/c1-11(16(20)18-13-4-2-3-5-13)22-15(19)10-21-14-8-6-12(17)7-9-14/h6-9,11,13H,2-5,10H2,1H3,(H,18,20)/t11-/m0/s1. The molecule has 0 unspecified atom stereocenters. The molecule has 1 aromatic rings. The van der Waals surface area contributed by atoms with Gasteiger partial charge in [0.1, 0.15) is 5.75 Å². The molecule has 0 spiro atoms. The van der Waals surface area contributed by atoms with E-state index in [1.165, 1.54) is 0 Å². The highest BCUT2D eigenvalue weighted by Crippen LogP contribution is 2.18. The predicted molar refractivity (Wildman–Crippen MR) is 85.6 cm³/mol. The number of carbonyl (C=O) groups excluding carboxylic acids is 2. The van der Waals surface area contributed by atoms with E-state index >= 15 is 0 Å². The Morgan fingerprint density at radius 1 is 1.27 bits per heavy atom. The van der Waals surface area contributed by atoms with E-state index in [2.05, 4.69) is 21.2 Å². The Balaban J connectivity index is 1.71. The summed E-state index contributed by atoms with van der Waals surface area (Å²) < 4.78 is 11.3. The van der Waals surface area contributed by atoms with Crippen molar-refractivity contribution in [1.82, 2.24) is 5.32 Å².